The van der Waals surface area contributed by atoms with E-state index in [2.05, 4.69) is 24.3 Å². The van der Waals surface area contributed by atoms with Gasteiger partial charge in [-0.3, -0.25) is 9.36 Å². The van der Waals surface area contributed by atoms with Gasteiger partial charge in [0.05, 0.1) is 30.5 Å². The van der Waals surface area contributed by atoms with E-state index >= 15 is 0 Å². The van der Waals surface area contributed by atoms with E-state index in [0.29, 0.717) is 20.8 Å². The molecule has 34 heavy (non-hydrogen) atoms. The Balaban J connectivity index is 1.68. The van der Waals surface area contributed by atoms with Gasteiger partial charge in [-0.15, -0.1) is 11.3 Å². The number of benzene rings is 2. The zero-order chi connectivity index (χ0) is 23.2. The average Bonchev–Trinajstić information content (AvgIpc) is 3.50. The summed E-state index contributed by atoms with van der Waals surface area (Å²) in [4.78, 5) is 20.6. The van der Waals surface area contributed by atoms with Gasteiger partial charge in [0, 0.05) is 16.0 Å². The molecule has 0 bridgehead atoms. The van der Waals surface area contributed by atoms with Crippen LogP contribution in [0.1, 0.15) is 34.0 Å². The van der Waals surface area contributed by atoms with E-state index in [1.54, 1.807) is 25.6 Å². The molecule has 0 N–H and O–H groups in total. The maximum atomic E-state index is 13.8. The minimum Gasteiger partial charge on any atom is -0.493 e. The third kappa shape index (κ3) is 3.27. The normalized spacial score (nSPS) is 17.0. The van der Waals surface area contributed by atoms with Crippen LogP contribution < -0.4 is 24.4 Å². The van der Waals surface area contributed by atoms with Crippen LogP contribution >= 0.6 is 22.7 Å². The molecule has 4 aromatic rings. The third-order valence-corrected chi connectivity index (χ3v) is 8.22. The molecule has 0 spiro atoms. The molecule has 0 radical (unpaired) electrons. The van der Waals surface area contributed by atoms with Crippen LogP contribution in [0.4, 0.5) is 0 Å². The number of ether oxygens (including phenoxy) is 2. The second-order valence-electron chi connectivity index (χ2n) is 8.21. The summed E-state index contributed by atoms with van der Waals surface area (Å²) in [6, 6.07) is 18.0. The number of aryl methyl sites for hydroxylation is 1. The van der Waals surface area contributed by atoms with Gasteiger partial charge in [0.25, 0.3) is 5.56 Å². The van der Waals surface area contributed by atoms with Gasteiger partial charge in [-0.25, -0.2) is 4.99 Å². The molecule has 1 aliphatic carbocycles. The maximum absolute atomic E-state index is 13.8. The van der Waals surface area contributed by atoms with Crippen LogP contribution in [0.2, 0.25) is 0 Å². The van der Waals surface area contributed by atoms with E-state index in [4.69, 9.17) is 14.5 Å². The lowest BCUT2D eigenvalue weighted by Crippen LogP contribution is -2.39. The van der Waals surface area contributed by atoms with Crippen LogP contribution in [-0.4, -0.2) is 18.8 Å². The predicted molar refractivity (Wildman–Crippen MR) is 137 cm³/mol. The number of hydrogen-bond acceptors (Lipinski definition) is 6. The Morgan fingerprint density at radius 1 is 1.03 bits per heavy atom. The minimum absolute atomic E-state index is 0.0302. The lowest BCUT2D eigenvalue weighted by Gasteiger charge is -2.31. The lowest BCUT2D eigenvalue weighted by molar-refractivity contribution is 0.348. The molecule has 170 valence electrons. The Hall–Kier alpha value is -3.42. The summed E-state index contributed by atoms with van der Waals surface area (Å²) in [6.45, 7) is 0. The summed E-state index contributed by atoms with van der Waals surface area (Å²) < 4.78 is 13.9. The Morgan fingerprint density at radius 3 is 2.71 bits per heavy atom. The highest BCUT2D eigenvalue weighted by Crippen LogP contribution is 2.45. The second-order valence-corrected chi connectivity index (χ2v) is 10.2. The van der Waals surface area contributed by atoms with Crippen LogP contribution in [0.3, 0.4) is 0 Å². The van der Waals surface area contributed by atoms with Crippen molar-refractivity contribution in [1.29, 1.82) is 0 Å². The molecule has 3 heterocycles. The Kier molecular flexibility index (Phi) is 5.23. The smallest absolute Gasteiger partial charge is 0.271 e. The van der Waals surface area contributed by atoms with Crippen molar-refractivity contribution in [3.63, 3.8) is 0 Å². The van der Waals surface area contributed by atoms with Gasteiger partial charge in [0.1, 0.15) is 0 Å². The standard InChI is InChI=1S/C27H22N2O3S2/c1-31-21-11-5-10-20(25(21)32-2)24-19-13-12-16-7-3-4-9-18(16)23(19)28-27-29(24)26(30)22(34-27)15-17-8-6-14-33-17/h3-11,14-15,24H,12-13H2,1-2H3/b22-15-/t24-/m0/s1. The van der Waals surface area contributed by atoms with Gasteiger partial charge in [0.2, 0.25) is 0 Å². The topological polar surface area (TPSA) is 52.8 Å². The number of fused-ring (bicyclic) bond motifs is 3. The van der Waals surface area contributed by atoms with Crippen molar-refractivity contribution in [2.24, 2.45) is 4.99 Å². The number of thiophene rings is 1. The average molecular weight is 487 g/mol. The van der Waals surface area contributed by atoms with Gasteiger partial charge in [0.15, 0.2) is 16.3 Å². The predicted octanol–water partition coefficient (Wildman–Crippen LogP) is 4.40. The summed E-state index contributed by atoms with van der Waals surface area (Å²) in [6.07, 6.45) is 3.70. The van der Waals surface area contributed by atoms with E-state index in [9.17, 15) is 4.79 Å². The fourth-order valence-electron chi connectivity index (χ4n) is 4.93. The highest BCUT2D eigenvalue weighted by Gasteiger charge is 2.34. The lowest BCUT2D eigenvalue weighted by atomic mass is 9.83. The van der Waals surface area contributed by atoms with Crippen LogP contribution in [0, 0.1) is 0 Å². The number of allylic oxidation sites excluding steroid dienone is 1. The first-order valence-corrected chi connectivity index (χ1v) is 12.8. The first kappa shape index (κ1) is 21.1. The molecule has 0 saturated carbocycles. The van der Waals surface area contributed by atoms with Gasteiger partial charge in [-0.05, 0) is 47.6 Å². The molecule has 0 unspecified atom stereocenters. The number of para-hydroxylation sites is 1. The van der Waals surface area contributed by atoms with E-state index in [1.165, 1.54) is 16.9 Å². The van der Waals surface area contributed by atoms with Crippen molar-refractivity contribution in [3.8, 4) is 11.5 Å². The van der Waals surface area contributed by atoms with E-state index in [0.717, 1.165) is 40.1 Å². The number of nitrogens with zero attached hydrogens (tertiary/aromatic N) is 2. The zero-order valence-corrected chi connectivity index (χ0v) is 20.4. The molecule has 0 fully saturated rings. The molecule has 2 aliphatic rings. The molecule has 1 atom stereocenters. The second kappa shape index (κ2) is 8.42. The minimum atomic E-state index is -0.310. The number of rotatable bonds is 4. The number of aromatic nitrogens is 1. The Bertz CT molecular complexity index is 1610. The SMILES string of the molecule is COc1cccc([C@@H]2C3=C(N=c4s/c(=C\c5cccs5)c(=O)n42)c2ccccc2CC3)c1OC. The monoisotopic (exact) mass is 486 g/mol. The van der Waals surface area contributed by atoms with Gasteiger partial charge in [-0.2, -0.15) is 0 Å². The maximum Gasteiger partial charge on any atom is 0.271 e. The fourth-order valence-corrected chi connectivity index (χ4v) is 6.65. The van der Waals surface area contributed by atoms with Crippen molar-refractivity contribution < 1.29 is 9.47 Å². The van der Waals surface area contributed by atoms with Crippen LogP contribution in [0.25, 0.3) is 11.8 Å². The molecule has 7 heteroatoms. The molecular formula is C27H22N2O3S2. The zero-order valence-electron chi connectivity index (χ0n) is 18.8. The van der Waals surface area contributed by atoms with Crippen molar-refractivity contribution >= 4 is 34.4 Å². The summed E-state index contributed by atoms with van der Waals surface area (Å²) >= 11 is 3.06. The van der Waals surface area contributed by atoms with Gasteiger partial charge < -0.3 is 9.47 Å². The van der Waals surface area contributed by atoms with Crippen molar-refractivity contribution in [1.82, 2.24) is 4.57 Å². The highest BCUT2D eigenvalue weighted by molar-refractivity contribution is 7.11. The summed E-state index contributed by atoms with van der Waals surface area (Å²) in [5.74, 6) is 1.30. The first-order chi connectivity index (χ1) is 16.7. The fraction of sp³-hybridized carbons (Fsp3) is 0.185. The van der Waals surface area contributed by atoms with Crippen LogP contribution in [0.5, 0.6) is 11.5 Å². The quantitative estimate of drug-likeness (QED) is 0.430. The molecule has 1 aliphatic heterocycles. The number of hydrogen-bond donors (Lipinski definition) is 0. The largest absolute Gasteiger partial charge is 0.493 e. The van der Waals surface area contributed by atoms with Crippen molar-refractivity contribution in [2.75, 3.05) is 14.2 Å². The number of thiazole rings is 1. The molecule has 2 aromatic heterocycles. The molecule has 2 aromatic carbocycles. The molecule has 0 saturated heterocycles. The highest BCUT2D eigenvalue weighted by atomic mass is 32.1. The van der Waals surface area contributed by atoms with Gasteiger partial charge >= 0.3 is 0 Å². The first-order valence-electron chi connectivity index (χ1n) is 11.1. The summed E-state index contributed by atoms with van der Waals surface area (Å²) in [5, 5.41) is 2.02. The molecule has 0 amide bonds. The van der Waals surface area contributed by atoms with Crippen LogP contribution in [0.15, 0.2) is 75.3 Å². The molecule has 5 nitrogen and oxygen atoms in total. The van der Waals surface area contributed by atoms with Gasteiger partial charge in [-0.1, -0.05) is 53.8 Å². The molecular weight excluding hydrogens is 464 g/mol. The Labute approximate surface area is 204 Å². The van der Waals surface area contributed by atoms with E-state index in [-0.39, 0.29) is 11.6 Å². The van der Waals surface area contributed by atoms with E-state index < -0.39 is 0 Å². The number of methoxy groups -OCH3 is 2. The van der Waals surface area contributed by atoms with Crippen molar-refractivity contribution in [3.05, 3.63) is 107 Å². The van der Waals surface area contributed by atoms with E-state index in [1.807, 2.05) is 46.4 Å². The summed E-state index contributed by atoms with van der Waals surface area (Å²) in [7, 11) is 3.28. The summed E-state index contributed by atoms with van der Waals surface area (Å²) in [5.41, 5.74) is 5.43. The Morgan fingerprint density at radius 2 is 1.91 bits per heavy atom. The van der Waals surface area contributed by atoms with Crippen LogP contribution in [-0.2, 0) is 6.42 Å². The molecule has 6 rings (SSSR count). The van der Waals surface area contributed by atoms with Crippen molar-refractivity contribution in [2.45, 2.75) is 18.9 Å². The third-order valence-electron chi connectivity index (χ3n) is 6.42.